The number of aryl methyl sites for hydroxylation is 2. The predicted molar refractivity (Wildman–Crippen MR) is 76.1 cm³/mol. The van der Waals surface area contributed by atoms with Crippen LogP contribution in [-0.2, 0) is 12.8 Å². The summed E-state index contributed by atoms with van der Waals surface area (Å²) < 4.78 is 0. The summed E-state index contributed by atoms with van der Waals surface area (Å²) in [6, 6.07) is 4.89. The van der Waals surface area contributed by atoms with Gasteiger partial charge in [0.05, 0.1) is 5.01 Å². The molecule has 4 heteroatoms. The minimum absolute atomic E-state index is 0.393. The normalized spacial score (nSPS) is 12.9. The van der Waals surface area contributed by atoms with Crippen LogP contribution in [0.25, 0.3) is 0 Å². The Morgan fingerprint density at radius 2 is 2.06 bits per heavy atom. The molecule has 2 heterocycles. The van der Waals surface area contributed by atoms with E-state index in [-0.39, 0.29) is 0 Å². The van der Waals surface area contributed by atoms with Crippen molar-refractivity contribution in [3.05, 3.63) is 38.0 Å². The molecule has 0 aliphatic carbocycles. The van der Waals surface area contributed by atoms with E-state index in [4.69, 9.17) is 0 Å². The molecule has 1 N–H and O–H groups in total. The summed E-state index contributed by atoms with van der Waals surface area (Å²) >= 11 is 3.71. The minimum atomic E-state index is 0.393. The van der Waals surface area contributed by atoms with Crippen LogP contribution in [0.2, 0.25) is 0 Å². The van der Waals surface area contributed by atoms with Crippen molar-refractivity contribution < 1.29 is 0 Å². The van der Waals surface area contributed by atoms with Gasteiger partial charge in [-0.05, 0) is 32.5 Å². The fraction of sp³-hybridized carbons (Fsp3) is 0.462. The Labute approximate surface area is 111 Å². The van der Waals surface area contributed by atoms with Crippen molar-refractivity contribution in [2.75, 3.05) is 7.05 Å². The smallest absolute Gasteiger partial charge is 0.0897 e. The maximum Gasteiger partial charge on any atom is 0.0897 e. The largest absolute Gasteiger partial charge is 0.312 e. The number of likely N-dealkylation sites (N-methyl/N-ethyl adjacent to an activating group) is 1. The van der Waals surface area contributed by atoms with Gasteiger partial charge in [-0.2, -0.15) is 0 Å². The molecule has 1 unspecified atom stereocenters. The lowest BCUT2D eigenvalue weighted by atomic mass is 10.1. The van der Waals surface area contributed by atoms with E-state index in [1.165, 1.54) is 14.6 Å². The van der Waals surface area contributed by atoms with E-state index in [0.717, 1.165) is 17.8 Å². The van der Waals surface area contributed by atoms with Crippen LogP contribution in [0.3, 0.4) is 0 Å². The Kier molecular flexibility index (Phi) is 4.31. The zero-order valence-corrected chi connectivity index (χ0v) is 12.1. The highest BCUT2D eigenvalue weighted by Gasteiger charge is 2.13. The predicted octanol–water partition coefficient (Wildman–Crippen LogP) is 3.58. The molecule has 0 radical (unpaired) electrons. The molecule has 2 aromatic heterocycles. The third-order valence-electron chi connectivity index (χ3n) is 2.80. The summed E-state index contributed by atoms with van der Waals surface area (Å²) in [6.07, 6.45) is 4.19. The molecule has 2 aromatic rings. The molecule has 17 heavy (non-hydrogen) atoms. The molecule has 0 saturated carbocycles. The SMILES string of the molecule is CCc1ccc(CC(NC)c2cnc(C)s2)s1. The Bertz CT molecular complexity index is 473. The number of hydrogen-bond donors (Lipinski definition) is 1. The average molecular weight is 266 g/mol. The van der Waals surface area contributed by atoms with Crippen LogP contribution in [0.5, 0.6) is 0 Å². The van der Waals surface area contributed by atoms with Crippen LogP contribution < -0.4 is 5.32 Å². The van der Waals surface area contributed by atoms with E-state index in [1.807, 2.05) is 24.6 Å². The number of thiazole rings is 1. The van der Waals surface area contributed by atoms with E-state index >= 15 is 0 Å². The molecule has 0 saturated heterocycles. The van der Waals surface area contributed by atoms with E-state index < -0.39 is 0 Å². The first kappa shape index (κ1) is 12.7. The molecule has 92 valence electrons. The van der Waals surface area contributed by atoms with E-state index in [0.29, 0.717) is 6.04 Å². The van der Waals surface area contributed by atoms with Gasteiger partial charge in [0.2, 0.25) is 0 Å². The summed E-state index contributed by atoms with van der Waals surface area (Å²) in [5.74, 6) is 0. The third kappa shape index (κ3) is 3.15. The van der Waals surface area contributed by atoms with Gasteiger partial charge in [-0.15, -0.1) is 22.7 Å². The standard InChI is InChI=1S/C13H18N2S2/c1-4-10-5-6-11(17-10)7-12(14-3)13-8-15-9(2)16-13/h5-6,8,12,14H,4,7H2,1-3H3. The van der Waals surface area contributed by atoms with Crippen LogP contribution in [0.15, 0.2) is 18.3 Å². The second-order valence-corrected chi connectivity index (χ2v) is 6.57. The highest BCUT2D eigenvalue weighted by atomic mass is 32.1. The lowest BCUT2D eigenvalue weighted by molar-refractivity contribution is 0.606. The van der Waals surface area contributed by atoms with Crippen LogP contribution in [0, 0.1) is 6.92 Å². The molecule has 0 fully saturated rings. The first-order valence-electron chi connectivity index (χ1n) is 5.90. The van der Waals surface area contributed by atoms with Gasteiger partial charge < -0.3 is 5.32 Å². The lowest BCUT2D eigenvalue weighted by Gasteiger charge is -2.12. The summed E-state index contributed by atoms with van der Waals surface area (Å²) in [5.41, 5.74) is 0. The summed E-state index contributed by atoms with van der Waals surface area (Å²) in [7, 11) is 2.02. The van der Waals surface area contributed by atoms with Gasteiger partial charge in [0.25, 0.3) is 0 Å². The van der Waals surface area contributed by atoms with Gasteiger partial charge in [-0.25, -0.2) is 4.98 Å². The topological polar surface area (TPSA) is 24.9 Å². The number of thiophene rings is 1. The van der Waals surface area contributed by atoms with Crippen molar-refractivity contribution in [1.29, 1.82) is 0 Å². The molecule has 0 amide bonds. The van der Waals surface area contributed by atoms with Gasteiger partial charge >= 0.3 is 0 Å². The van der Waals surface area contributed by atoms with E-state index in [9.17, 15) is 0 Å². The van der Waals surface area contributed by atoms with Gasteiger partial charge in [0.1, 0.15) is 0 Å². The zero-order chi connectivity index (χ0) is 12.3. The molecule has 2 rings (SSSR count). The quantitative estimate of drug-likeness (QED) is 0.895. The molecular formula is C13H18N2S2. The number of nitrogens with zero attached hydrogens (tertiary/aromatic N) is 1. The van der Waals surface area contributed by atoms with Gasteiger partial charge in [0.15, 0.2) is 0 Å². The zero-order valence-electron chi connectivity index (χ0n) is 10.5. The van der Waals surface area contributed by atoms with Crippen molar-refractivity contribution in [2.45, 2.75) is 32.7 Å². The molecule has 0 bridgehead atoms. The highest BCUT2D eigenvalue weighted by molar-refractivity contribution is 7.12. The van der Waals surface area contributed by atoms with Crippen molar-refractivity contribution in [3.8, 4) is 0 Å². The number of rotatable bonds is 5. The van der Waals surface area contributed by atoms with Gasteiger partial charge in [0, 0.05) is 33.3 Å². The first-order valence-corrected chi connectivity index (χ1v) is 7.53. The lowest BCUT2D eigenvalue weighted by Crippen LogP contribution is -2.17. The molecule has 0 aliphatic rings. The summed E-state index contributed by atoms with van der Waals surface area (Å²) in [6.45, 7) is 4.26. The van der Waals surface area contributed by atoms with Crippen molar-refractivity contribution >= 4 is 22.7 Å². The van der Waals surface area contributed by atoms with E-state index in [1.54, 1.807) is 11.3 Å². The maximum absolute atomic E-state index is 4.33. The maximum atomic E-state index is 4.33. The fourth-order valence-electron chi connectivity index (χ4n) is 1.81. The Morgan fingerprint density at radius 3 is 2.59 bits per heavy atom. The second kappa shape index (κ2) is 5.76. The van der Waals surface area contributed by atoms with Crippen LogP contribution in [0.4, 0.5) is 0 Å². The number of nitrogens with one attached hydrogen (secondary N) is 1. The monoisotopic (exact) mass is 266 g/mol. The molecule has 0 aliphatic heterocycles. The Morgan fingerprint density at radius 1 is 1.29 bits per heavy atom. The Balaban J connectivity index is 2.09. The van der Waals surface area contributed by atoms with Gasteiger partial charge in [-0.1, -0.05) is 6.92 Å². The third-order valence-corrected chi connectivity index (χ3v) is 5.08. The Hall–Kier alpha value is -0.710. The molecule has 1 atom stereocenters. The van der Waals surface area contributed by atoms with E-state index in [2.05, 4.69) is 36.3 Å². The number of aromatic nitrogens is 1. The highest BCUT2D eigenvalue weighted by Crippen LogP contribution is 2.27. The van der Waals surface area contributed by atoms with Crippen molar-refractivity contribution in [3.63, 3.8) is 0 Å². The number of hydrogen-bond acceptors (Lipinski definition) is 4. The van der Waals surface area contributed by atoms with Crippen molar-refractivity contribution in [2.24, 2.45) is 0 Å². The summed E-state index contributed by atoms with van der Waals surface area (Å²) in [4.78, 5) is 8.58. The van der Waals surface area contributed by atoms with Gasteiger partial charge in [-0.3, -0.25) is 0 Å². The fourth-order valence-corrected chi connectivity index (χ4v) is 3.71. The molecule has 0 aromatic carbocycles. The molecule has 2 nitrogen and oxygen atoms in total. The second-order valence-electron chi connectivity index (χ2n) is 4.05. The van der Waals surface area contributed by atoms with Crippen molar-refractivity contribution in [1.82, 2.24) is 10.3 Å². The van der Waals surface area contributed by atoms with Crippen LogP contribution >= 0.6 is 22.7 Å². The first-order chi connectivity index (χ1) is 8.22. The summed E-state index contributed by atoms with van der Waals surface area (Å²) in [5, 5.41) is 4.52. The average Bonchev–Trinajstić information content (AvgIpc) is 2.94. The van der Waals surface area contributed by atoms with Crippen LogP contribution in [0.1, 0.15) is 32.6 Å². The van der Waals surface area contributed by atoms with Crippen LogP contribution in [-0.4, -0.2) is 12.0 Å². The molecular weight excluding hydrogens is 248 g/mol. The minimum Gasteiger partial charge on any atom is -0.312 e. The molecule has 0 spiro atoms.